The minimum absolute atomic E-state index is 0.00593. The van der Waals surface area contributed by atoms with Crippen LogP contribution in [-0.4, -0.2) is 66.1 Å². The van der Waals surface area contributed by atoms with E-state index in [0.717, 1.165) is 35.1 Å². The van der Waals surface area contributed by atoms with Crippen molar-refractivity contribution >= 4 is 27.7 Å². The standard InChI is InChI=1S/C30H38BrN3O4/c1-3-4-16-33(21-28-11-8-17-32(28)20-25-12-14-27(31)15-13-25)29(35)22-34(18-19-37-2)30(36)24-38-23-26-9-6-5-7-10-26/h5-15,17H,3-4,16,18-24H2,1-2H3. The fourth-order valence-electron chi connectivity index (χ4n) is 4.05. The molecule has 0 bridgehead atoms. The molecule has 0 radical (unpaired) electrons. The van der Waals surface area contributed by atoms with Crippen LogP contribution in [0, 0.1) is 0 Å². The van der Waals surface area contributed by atoms with Gasteiger partial charge in [-0.2, -0.15) is 0 Å². The molecule has 0 atom stereocenters. The molecule has 7 nitrogen and oxygen atoms in total. The summed E-state index contributed by atoms with van der Waals surface area (Å²) < 4.78 is 14.1. The van der Waals surface area contributed by atoms with E-state index in [-0.39, 0.29) is 25.0 Å². The van der Waals surface area contributed by atoms with Gasteiger partial charge in [0.25, 0.3) is 0 Å². The average molecular weight is 585 g/mol. The van der Waals surface area contributed by atoms with Crippen LogP contribution >= 0.6 is 15.9 Å². The summed E-state index contributed by atoms with van der Waals surface area (Å²) in [5, 5.41) is 0. The predicted octanol–water partition coefficient (Wildman–Crippen LogP) is 5.12. The number of halogens is 1. The number of hydrogen-bond acceptors (Lipinski definition) is 4. The van der Waals surface area contributed by atoms with Crippen LogP contribution < -0.4 is 0 Å². The van der Waals surface area contributed by atoms with E-state index >= 15 is 0 Å². The van der Waals surface area contributed by atoms with E-state index in [9.17, 15) is 9.59 Å². The number of nitrogens with zero attached hydrogens (tertiary/aromatic N) is 3. The van der Waals surface area contributed by atoms with Crippen molar-refractivity contribution in [3.05, 3.63) is 94.2 Å². The van der Waals surface area contributed by atoms with Gasteiger partial charge >= 0.3 is 0 Å². The molecule has 0 saturated carbocycles. The first kappa shape index (κ1) is 29.6. The monoisotopic (exact) mass is 583 g/mol. The zero-order chi connectivity index (χ0) is 27.2. The second kappa shape index (κ2) is 16.1. The van der Waals surface area contributed by atoms with Gasteiger partial charge in [-0.1, -0.05) is 71.7 Å². The number of methoxy groups -OCH3 is 1. The molecule has 0 N–H and O–H groups in total. The zero-order valence-electron chi connectivity index (χ0n) is 22.4. The molecule has 204 valence electrons. The summed E-state index contributed by atoms with van der Waals surface area (Å²) in [7, 11) is 1.59. The maximum Gasteiger partial charge on any atom is 0.249 e. The normalized spacial score (nSPS) is 10.9. The van der Waals surface area contributed by atoms with Crippen molar-refractivity contribution in [1.82, 2.24) is 14.4 Å². The quantitative estimate of drug-likeness (QED) is 0.235. The number of benzene rings is 2. The largest absolute Gasteiger partial charge is 0.383 e. The summed E-state index contributed by atoms with van der Waals surface area (Å²) in [6, 6.07) is 22.0. The number of unbranched alkanes of at least 4 members (excludes halogenated alkanes) is 1. The minimum atomic E-state index is -0.222. The number of carbonyl (C=O) groups excluding carboxylic acids is 2. The van der Waals surface area contributed by atoms with Crippen molar-refractivity contribution in [1.29, 1.82) is 0 Å². The van der Waals surface area contributed by atoms with Crippen molar-refractivity contribution in [3.8, 4) is 0 Å². The van der Waals surface area contributed by atoms with Crippen molar-refractivity contribution in [2.45, 2.75) is 39.5 Å². The van der Waals surface area contributed by atoms with Gasteiger partial charge in [-0.05, 0) is 41.8 Å². The molecule has 1 aromatic heterocycles. The van der Waals surface area contributed by atoms with Crippen LogP contribution in [0.15, 0.2) is 77.4 Å². The third-order valence-corrected chi connectivity index (χ3v) is 6.79. The molecule has 0 aliphatic rings. The lowest BCUT2D eigenvalue weighted by Crippen LogP contribution is -2.45. The summed E-state index contributed by atoms with van der Waals surface area (Å²) in [5.41, 5.74) is 3.24. The zero-order valence-corrected chi connectivity index (χ0v) is 23.9. The number of rotatable bonds is 16. The summed E-state index contributed by atoms with van der Waals surface area (Å²) in [6.07, 6.45) is 3.91. The highest BCUT2D eigenvalue weighted by molar-refractivity contribution is 9.10. The number of amides is 2. The molecule has 0 fully saturated rings. The Bertz CT molecular complexity index is 1120. The summed E-state index contributed by atoms with van der Waals surface area (Å²) in [6.45, 7) is 4.89. The van der Waals surface area contributed by atoms with Gasteiger partial charge in [-0.25, -0.2) is 0 Å². The average Bonchev–Trinajstić information content (AvgIpc) is 3.36. The fraction of sp³-hybridized carbons (Fsp3) is 0.400. The van der Waals surface area contributed by atoms with Crippen LogP contribution in [0.4, 0.5) is 0 Å². The molecular weight excluding hydrogens is 546 g/mol. The van der Waals surface area contributed by atoms with E-state index < -0.39 is 0 Å². The van der Waals surface area contributed by atoms with Crippen LogP contribution in [0.25, 0.3) is 0 Å². The highest BCUT2D eigenvalue weighted by Crippen LogP contribution is 2.15. The first-order chi connectivity index (χ1) is 18.5. The molecule has 0 saturated heterocycles. The van der Waals surface area contributed by atoms with E-state index in [2.05, 4.69) is 45.6 Å². The molecule has 0 aliphatic heterocycles. The molecule has 2 amide bonds. The van der Waals surface area contributed by atoms with Gasteiger partial charge < -0.3 is 23.8 Å². The van der Waals surface area contributed by atoms with Gasteiger partial charge in [0.1, 0.15) is 6.61 Å². The SMILES string of the molecule is CCCCN(Cc1cccn1Cc1ccc(Br)cc1)C(=O)CN(CCOC)C(=O)COCc1ccccc1. The van der Waals surface area contributed by atoms with Gasteiger partial charge in [0, 0.05) is 43.1 Å². The predicted molar refractivity (Wildman–Crippen MR) is 153 cm³/mol. The Kier molecular flexibility index (Phi) is 12.6. The molecule has 0 spiro atoms. The van der Waals surface area contributed by atoms with Crippen LogP contribution in [0.1, 0.15) is 36.6 Å². The van der Waals surface area contributed by atoms with Crippen molar-refractivity contribution in [2.24, 2.45) is 0 Å². The summed E-state index contributed by atoms with van der Waals surface area (Å²) in [5.74, 6) is -0.303. The van der Waals surface area contributed by atoms with E-state index in [1.165, 1.54) is 10.5 Å². The molecule has 38 heavy (non-hydrogen) atoms. The third kappa shape index (κ3) is 9.74. The van der Waals surface area contributed by atoms with Crippen LogP contribution in [-0.2, 0) is 38.8 Å². The number of aromatic nitrogens is 1. The second-order valence-corrected chi connectivity index (χ2v) is 10.1. The fourth-order valence-corrected chi connectivity index (χ4v) is 4.31. The van der Waals surface area contributed by atoms with Crippen molar-refractivity contribution in [3.63, 3.8) is 0 Å². The highest BCUT2D eigenvalue weighted by Gasteiger charge is 2.22. The van der Waals surface area contributed by atoms with Gasteiger partial charge in [-0.3, -0.25) is 9.59 Å². The second-order valence-electron chi connectivity index (χ2n) is 9.21. The van der Waals surface area contributed by atoms with E-state index in [1.807, 2.05) is 59.6 Å². The summed E-state index contributed by atoms with van der Waals surface area (Å²) >= 11 is 3.49. The van der Waals surface area contributed by atoms with Crippen molar-refractivity contribution < 1.29 is 19.1 Å². The van der Waals surface area contributed by atoms with Gasteiger partial charge in [0.15, 0.2) is 0 Å². The number of carbonyl (C=O) groups is 2. The maximum atomic E-state index is 13.5. The topological polar surface area (TPSA) is 64.0 Å². The lowest BCUT2D eigenvalue weighted by molar-refractivity contribution is -0.144. The molecule has 3 rings (SSSR count). The van der Waals surface area contributed by atoms with Gasteiger partial charge in [0.05, 0.1) is 26.3 Å². The van der Waals surface area contributed by atoms with Crippen LogP contribution in [0.2, 0.25) is 0 Å². The Morgan fingerprint density at radius 1 is 0.895 bits per heavy atom. The van der Waals surface area contributed by atoms with Gasteiger partial charge in [0.2, 0.25) is 11.8 Å². The molecule has 2 aromatic carbocycles. The van der Waals surface area contributed by atoms with E-state index in [1.54, 1.807) is 7.11 Å². The molecule has 3 aromatic rings. The number of ether oxygens (including phenoxy) is 2. The van der Waals surface area contributed by atoms with Crippen molar-refractivity contribution in [2.75, 3.05) is 40.0 Å². The molecule has 1 heterocycles. The Balaban J connectivity index is 1.64. The lowest BCUT2D eigenvalue weighted by Gasteiger charge is -2.28. The molecule has 8 heteroatoms. The van der Waals surface area contributed by atoms with E-state index in [4.69, 9.17) is 9.47 Å². The van der Waals surface area contributed by atoms with Crippen LogP contribution in [0.3, 0.4) is 0 Å². The number of hydrogen-bond donors (Lipinski definition) is 0. The smallest absolute Gasteiger partial charge is 0.249 e. The summed E-state index contributed by atoms with van der Waals surface area (Å²) in [4.78, 5) is 29.9. The first-order valence-electron chi connectivity index (χ1n) is 13.0. The Labute approximate surface area is 234 Å². The van der Waals surface area contributed by atoms with E-state index in [0.29, 0.717) is 32.8 Å². The maximum absolute atomic E-state index is 13.5. The Morgan fingerprint density at radius 3 is 2.37 bits per heavy atom. The third-order valence-electron chi connectivity index (χ3n) is 6.26. The van der Waals surface area contributed by atoms with Crippen LogP contribution in [0.5, 0.6) is 0 Å². The highest BCUT2D eigenvalue weighted by atomic mass is 79.9. The Morgan fingerprint density at radius 2 is 1.66 bits per heavy atom. The minimum Gasteiger partial charge on any atom is -0.383 e. The first-order valence-corrected chi connectivity index (χ1v) is 13.8. The molecule has 0 unspecified atom stereocenters. The molecule has 0 aliphatic carbocycles. The molecular formula is C30H38BrN3O4. The lowest BCUT2D eigenvalue weighted by atomic mass is 10.2. The Hall–Kier alpha value is -2.94. The van der Waals surface area contributed by atoms with Gasteiger partial charge in [-0.15, -0.1) is 0 Å².